The van der Waals surface area contributed by atoms with Gasteiger partial charge in [-0.2, -0.15) is 0 Å². The normalized spacial score (nSPS) is 16.0. The highest BCUT2D eigenvalue weighted by Crippen LogP contribution is 2.30. The van der Waals surface area contributed by atoms with E-state index in [2.05, 4.69) is 11.9 Å². The molecule has 0 spiro atoms. The number of rotatable bonds is 6. The molecule has 1 fully saturated rings. The zero-order valence-electron chi connectivity index (χ0n) is 17.1. The second kappa shape index (κ2) is 8.91. The van der Waals surface area contributed by atoms with Crippen molar-refractivity contribution < 1.29 is 9.59 Å². The molecule has 0 saturated carbocycles. The Morgan fingerprint density at radius 3 is 2.50 bits per heavy atom. The number of carbonyl (C=O) groups is 2. The second-order valence-electron chi connectivity index (χ2n) is 7.49. The van der Waals surface area contributed by atoms with Crippen molar-refractivity contribution in [3.8, 4) is 0 Å². The molecule has 1 unspecified atom stereocenters. The van der Waals surface area contributed by atoms with Gasteiger partial charge in [0.2, 0.25) is 11.8 Å². The lowest BCUT2D eigenvalue weighted by Gasteiger charge is -2.25. The molecule has 1 aliphatic heterocycles. The summed E-state index contributed by atoms with van der Waals surface area (Å²) in [5.74, 6) is 0.136. The van der Waals surface area contributed by atoms with Crippen molar-refractivity contribution in [2.75, 3.05) is 16.3 Å². The van der Waals surface area contributed by atoms with Crippen molar-refractivity contribution in [2.45, 2.75) is 26.3 Å². The molecule has 1 aliphatic rings. The Kier molecular flexibility index (Phi) is 5.89. The molecule has 30 heavy (non-hydrogen) atoms. The summed E-state index contributed by atoms with van der Waals surface area (Å²) in [5, 5.41) is 0. The van der Waals surface area contributed by atoms with Gasteiger partial charge in [0.05, 0.1) is 12.5 Å². The van der Waals surface area contributed by atoms with Crippen LogP contribution in [-0.2, 0) is 22.6 Å². The summed E-state index contributed by atoms with van der Waals surface area (Å²) in [6.07, 6.45) is 2.74. The lowest BCUT2D eigenvalue weighted by atomic mass is 10.1. The van der Waals surface area contributed by atoms with Gasteiger partial charge in [0.25, 0.3) is 0 Å². The molecule has 1 saturated heterocycles. The summed E-state index contributed by atoms with van der Waals surface area (Å²) in [7, 11) is 0. The van der Waals surface area contributed by atoms with Crippen LogP contribution in [0.3, 0.4) is 0 Å². The number of hydrogen-bond acceptors (Lipinski definition) is 3. The van der Waals surface area contributed by atoms with Crippen molar-refractivity contribution in [1.29, 1.82) is 0 Å². The van der Waals surface area contributed by atoms with Crippen LogP contribution in [0.2, 0.25) is 0 Å². The Labute approximate surface area is 177 Å². The van der Waals surface area contributed by atoms with E-state index in [-0.39, 0.29) is 18.2 Å². The van der Waals surface area contributed by atoms with Crippen LogP contribution in [0, 0.1) is 5.92 Å². The molecule has 5 nitrogen and oxygen atoms in total. The van der Waals surface area contributed by atoms with Gasteiger partial charge < -0.3 is 4.90 Å². The highest BCUT2D eigenvalue weighted by molar-refractivity contribution is 6.04. The first-order valence-corrected chi connectivity index (χ1v) is 10.3. The van der Waals surface area contributed by atoms with E-state index in [1.807, 2.05) is 72.8 Å². The van der Waals surface area contributed by atoms with E-state index in [9.17, 15) is 9.59 Å². The molecule has 152 valence electrons. The number of pyridine rings is 1. The number of amides is 2. The third-order valence-corrected chi connectivity index (χ3v) is 5.51. The quantitative estimate of drug-likeness (QED) is 0.623. The Morgan fingerprint density at radius 1 is 1.03 bits per heavy atom. The topological polar surface area (TPSA) is 53.5 Å². The summed E-state index contributed by atoms with van der Waals surface area (Å²) in [4.78, 5) is 34.2. The minimum absolute atomic E-state index is 0.00469. The van der Waals surface area contributed by atoms with Crippen LogP contribution in [0.1, 0.15) is 24.5 Å². The minimum Gasteiger partial charge on any atom is -0.311 e. The van der Waals surface area contributed by atoms with Crippen LogP contribution in [0.25, 0.3) is 0 Å². The van der Waals surface area contributed by atoms with Gasteiger partial charge in [0, 0.05) is 24.8 Å². The maximum absolute atomic E-state index is 13.5. The average molecular weight is 399 g/mol. The highest BCUT2D eigenvalue weighted by Gasteiger charge is 2.38. The predicted molar refractivity (Wildman–Crippen MR) is 118 cm³/mol. The molecule has 0 N–H and O–H groups in total. The van der Waals surface area contributed by atoms with E-state index in [0.29, 0.717) is 18.9 Å². The lowest BCUT2D eigenvalue weighted by molar-refractivity contribution is -0.124. The van der Waals surface area contributed by atoms with Gasteiger partial charge in [0.1, 0.15) is 5.82 Å². The number of anilines is 2. The van der Waals surface area contributed by atoms with E-state index in [4.69, 9.17) is 0 Å². The molecule has 0 radical (unpaired) electrons. The monoisotopic (exact) mass is 399 g/mol. The third-order valence-electron chi connectivity index (χ3n) is 5.51. The number of para-hydroxylation sites is 1. The minimum atomic E-state index is -0.395. The van der Waals surface area contributed by atoms with Crippen molar-refractivity contribution in [3.63, 3.8) is 0 Å². The van der Waals surface area contributed by atoms with Gasteiger partial charge >= 0.3 is 0 Å². The molecule has 0 aliphatic carbocycles. The first kappa shape index (κ1) is 19.8. The fraction of sp³-hybridized carbons (Fsp3) is 0.240. The molecule has 2 aromatic carbocycles. The Hall–Kier alpha value is -3.47. The number of nitrogens with zero attached hydrogens (tertiary/aromatic N) is 3. The van der Waals surface area contributed by atoms with Crippen molar-refractivity contribution in [3.05, 3.63) is 90.1 Å². The number of carbonyl (C=O) groups excluding carboxylic acids is 2. The number of hydrogen-bond donors (Lipinski definition) is 0. The molecule has 2 amide bonds. The molecular weight excluding hydrogens is 374 g/mol. The summed E-state index contributed by atoms with van der Waals surface area (Å²) in [5.41, 5.74) is 3.05. The van der Waals surface area contributed by atoms with Crippen LogP contribution in [0.4, 0.5) is 11.5 Å². The molecule has 4 rings (SSSR count). The SMILES string of the molecule is CCc1ccccc1N1CC(C(=O)N(Cc2ccccc2)c2ccccn2)CC1=O. The molecule has 5 heteroatoms. The van der Waals surface area contributed by atoms with Gasteiger partial charge in [0.15, 0.2) is 0 Å². The molecule has 1 atom stereocenters. The van der Waals surface area contributed by atoms with Crippen molar-refractivity contribution >= 4 is 23.3 Å². The number of aryl methyl sites for hydroxylation is 1. The van der Waals surface area contributed by atoms with Crippen LogP contribution >= 0.6 is 0 Å². The molecule has 2 heterocycles. The van der Waals surface area contributed by atoms with E-state index < -0.39 is 5.92 Å². The zero-order valence-corrected chi connectivity index (χ0v) is 17.1. The molecule has 0 bridgehead atoms. The highest BCUT2D eigenvalue weighted by atomic mass is 16.2. The van der Waals surface area contributed by atoms with Crippen LogP contribution in [-0.4, -0.2) is 23.3 Å². The zero-order chi connectivity index (χ0) is 20.9. The van der Waals surface area contributed by atoms with E-state index in [1.165, 1.54) is 0 Å². The molecule has 3 aromatic rings. The first-order valence-electron chi connectivity index (χ1n) is 10.3. The Balaban J connectivity index is 1.60. The van der Waals surface area contributed by atoms with E-state index in [1.54, 1.807) is 16.0 Å². The van der Waals surface area contributed by atoms with Gasteiger partial charge in [-0.3, -0.25) is 14.5 Å². The first-order chi connectivity index (χ1) is 14.7. The Morgan fingerprint density at radius 2 is 1.77 bits per heavy atom. The average Bonchev–Trinajstić information content (AvgIpc) is 3.19. The van der Waals surface area contributed by atoms with Crippen LogP contribution in [0.15, 0.2) is 79.0 Å². The van der Waals surface area contributed by atoms with E-state index >= 15 is 0 Å². The van der Waals surface area contributed by atoms with Crippen molar-refractivity contribution in [1.82, 2.24) is 4.98 Å². The predicted octanol–water partition coefficient (Wildman–Crippen LogP) is 4.23. The van der Waals surface area contributed by atoms with Crippen LogP contribution in [0.5, 0.6) is 0 Å². The summed E-state index contributed by atoms with van der Waals surface area (Å²) in [6.45, 7) is 2.89. The van der Waals surface area contributed by atoms with Crippen molar-refractivity contribution in [2.24, 2.45) is 5.92 Å². The van der Waals surface area contributed by atoms with Gasteiger partial charge in [-0.25, -0.2) is 4.98 Å². The summed E-state index contributed by atoms with van der Waals surface area (Å²) in [6, 6.07) is 23.3. The lowest BCUT2D eigenvalue weighted by Crippen LogP contribution is -2.37. The fourth-order valence-electron chi connectivity index (χ4n) is 3.95. The second-order valence-corrected chi connectivity index (χ2v) is 7.49. The number of aromatic nitrogens is 1. The van der Waals surface area contributed by atoms with Gasteiger partial charge in [-0.1, -0.05) is 61.5 Å². The van der Waals surface area contributed by atoms with Gasteiger partial charge in [-0.05, 0) is 35.7 Å². The Bertz CT molecular complexity index is 1020. The summed E-state index contributed by atoms with van der Waals surface area (Å²) < 4.78 is 0. The van der Waals surface area contributed by atoms with Gasteiger partial charge in [-0.15, -0.1) is 0 Å². The third kappa shape index (κ3) is 4.10. The number of benzene rings is 2. The largest absolute Gasteiger partial charge is 0.311 e. The maximum atomic E-state index is 13.5. The molecular formula is C25H25N3O2. The van der Waals surface area contributed by atoms with E-state index in [0.717, 1.165) is 23.2 Å². The standard InChI is InChI=1S/C25H25N3O2/c1-2-20-12-6-7-13-22(20)27-18-21(16-24(27)29)25(30)28(23-14-8-9-15-26-23)17-19-10-4-3-5-11-19/h3-15,21H,2,16-18H2,1H3. The summed E-state index contributed by atoms with van der Waals surface area (Å²) >= 11 is 0. The maximum Gasteiger partial charge on any atom is 0.233 e. The molecule has 1 aromatic heterocycles. The fourth-order valence-corrected chi connectivity index (χ4v) is 3.95. The van der Waals surface area contributed by atoms with Crippen LogP contribution < -0.4 is 9.80 Å². The smallest absolute Gasteiger partial charge is 0.233 e.